The van der Waals surface area contributed by atoms with Crippen molar-refractivity contribution in [3.63, 3.8) is 0 Å². The minimum absolute atomic E-state index is 0. The van der Waals surface area contributed by atoms with Gasteiger partial charge in [-0.2, -0.15) is 0 Å². The van der Waals surface area contributed by atoms with E-state index in [4.69, 9.17) is 16.3 Å². The quantitative estimate of drug-likeness (QED) is 0.206. The summed E-state index contributed by atoms with van der Waals surface area (Å²) in [5.74, 6) is 0.225. The monoisotopic (exact) mass is 281 g/mol. The van der Waals surface area contributed by atoms with E-state index in [0.717, 1.165) is 5.56 Å². The van der Waals surface area contributed by atoms with Crippen molar-refractivity contribution < 1.29 is 49.2 Å². The van der Waals surface area contributed by atoms with Gasteiger partial charge in [0, 0.05) is 5.88 Å². The first-order chi connectivity index (χ1) is 8.08. The molecule has 0 N–H and O–H groups in total. The first-order valence-corrected chi connectivity index (χ1v) is 5.60. The summed E-state index contributed by atoms with van der Waals surface area (Å²) in [6.45, 7) is 3.36. The van der Waals surface area contributed by atoms with Gasteiger partial charge in [-0.1, -0.05) is 0 Å². The summed E-state index contributed by atoms with van der Waals surface area (Å²) in [7, 11) is 0. The van der Waals surface area contributed by atoms with Crippen LogP contribution in [0.4, 0.5) is 0 Å². The number of esters is 1. The summed E-state index contributed by atoms with van der Waals surface area (Å²) < 4.78 is 5.14. The van der Waals surface area contributed by atoms with Gasteiger partial charge in [-0.15, -0.1) is 11.6 Å². The molecule has 0 saturated carbocycles. The van der Waals surface area contributed by atoms with Gasteiger partial charge in [0.15, 0.2) is 5.75 Å². The van der Waals surface area contributed by atoms with Gasteiger partial charge in [0.05, 0.1) is 24.4 Å². The van der Waals surface area contributed by atoms with Crippen LogP contribution in [0.3, 0.4) is 0 Å². The van der Waals surface area contributed by atoms with Gasteiger partial charge in [0.2, 0.25) is 0 Å². The van der Waals surface area contributed by atoms with Crippen LogP contribution in [0.1, 0.15) is 23.4 Å². The maximum Gasteiger partial charge on any atom is 1.00 e. The number of hydrogen-bond acceptors (Lipinski definition) is 5. The Morgan fingerprint density at radius 1 is 1.50 bits per heavy atom. The van der Waals surface area contributed by atoms with Crippen LogP contribution in [-0.2, 0) is 16.3 Å². The second-order valence-electron chi connectivity index (χ2n) is 3.52. The van der Waals surface area contributed by atoms with Crippen LogP contribution < -0.4 is 39.6 Å². The Kier molecular flexibility index (Phi) is 8.77. The third-order valence-electron chi connectivity index (χ3n) is 2.10. The maximum absolute atomic E-state index is 11.3. The summed E-state index contributed by atoms with van der Waals surface area (Å²) in [6.07, 6.45) is 0.145. The van der Waals surface area contributed by atoms with E-state index in [-0.39, 0.29) is 48.5 Å². The van der Waals surface area contributed by atoms with Crippen molar-refractivity contribution in [2.75, 3.05) is 5.88 Å². The molecule has 1 heterocycles. The maximum atomic E-state index is 11.3. The molecule has 0 radical (unpaired) electrons. The first kappa shape index (κ1) is 17.8. The van der Waals surface area contributed by atoms with E-state index < -0.39 is 5.97 Å². The molecule has 1 aromatic heterocycles. The number of rotatable bonds is 5. The van der Waals surface area contributed by atoms with E-state index in [0.29, 0.717) is 17.1 Å². The summed E-state index contributed by atoms with van der Waals surface area (Å²) in [4.78, 5) is 19.2. The molecule has 0 fully saturated rings. The number of alkyl halides is 1. The van der Waals surface area contributed by atoms with Crippen LogP contribution in [0.15, 0.2) is 6.07 Å². The first-order valence-electron chi connectivity index (χ1n) is 5.07. The summed E-state index contributed by atoms with van der Waals surface area (Å²) in [5.41, 5.74) is 1.78. The molecule has 5 nitrogen and oxygen atoms in total. The van der Waals surface area contributed by atoms with E-state index in [1.54, 1.807) is 19.9 Å². The van der Waals surface area contributed by atoms with Crippen molar-refractivity contribution in [2.45, 2.75) is 26.9 Å². The molecule has 0 aliphatic rings. The van der Waals surface area contributed by atoms with Crippen molar-refractivity contribution in [1.29, 1.82) is 0 Å². The van der Waals surface area contributed by atoms with E-state index in [1.165, 1.54) is 0 Å². The van der Waals surface area contributed by atoms with E-state index in [2.05, 4.69) is 9.87 Å². The van der Waals surface area contributed by atoms with Crippen molar-refractivity contribution in [1.82, 2.24) is 4.98 Å². The molecule has 0 aliphatic carbocycles. The average molecular weight is 282 g/mol. The molecule has 0 spiro atoms. The van der Waals surface area contributed by atoms with Crippen LogP contribution in [-0.4, -0.2) is 16.8 Å². The van der Waals surface area contributed by atoms with Crippen molar-refractivity contribution in [2.24, 2.45) is 0 Å². The van der Waals surface area contributed by atoms with E-state index in [1.807, 2.05) is 0 Å². The number of pyridine rings is 1. The summed E-state index contributed by atoms with van der Waals surface area (Å²) in [6, 6.07) is 1.65. The molecule has 0 saturated heterocycles. The predicted molar refractivity (Wildman–Crippen MR) is 59.5 cm³/mol. The molecule has 0 atom stereocenters. The molecule has 1 rings (SSSR count). The minimum Gasteiger partial charge on any atom is -0.723 e. The number of aryl methyl sites for hydroxylation is 2. The van der Waals surface area contributed by atoms with Gasteiger partial charge in [0.1, 0.15) is 0 Å². The van der Waals surface area contributed by atoms with Gasteiger partial charge in [-0.25, -0.2) is 0 Å². The van der Waals surface area contributed by atoms with E-state index in [9.17, 15) is 10.1 Å². The number of aromatic nitrogens is 1. The minimum atomic E-state index is -0.402. The Morgan fingerprint density at radius 2 is 2.17 bits per heavy atom. The summed E-state index contributed by atoms with van der Waals surface area (Å²) >= 11 is 5.44. The normalized spacial score (nSPS) is 9.78. The Bertz CT molecular complexity index is 391. The number of carbonyl (C=O) groups excluding carboxylic acids is 1. The largest absolute Gasteiger partial charge is 1.00 e. The van der Waals surface area contributed by atoms with Crippen LogP contribution >= 0.6 is 11.6 Å². The fourth-order valence-corrected chi connectivity index (χ4v) is 1.58. The average Bonchev–Trinajstić information content (AvgIpc) is 2.24. The molecule has 7 heteroatoms. The summed E-state index contributed by atoms with van der Waals surface area (Å²) in [5, 5.41) is 10.0. The zero-order valence-corrected chi connectivity index (χ0v) is 13.4. The standard InChI is InChI=1S/C11H14ClNO4.Na/c1-7-5-9(6-16-15)13-8(2)11(7)17-10(14)3-4-12;/h5,15H,3-4,6H2,1-2H3;/q;+1/p-1. The molecule has 1 aromatic rings. The number of ether oxygens (including phenoxy) is 1. The predicted octanol–water partition coefficient (Wildman–Crippen LogP) is -1.97. The van der Waals surface area contributed by atoms with Gasteiger partial charge < -0.3 is 14.9 Å². The van der Waals surface area contributed by atoms with Gasteiger partial charge in [0.25, 0.3) is 0 Å². The van der Waals surface area contributed by atoms with Gasteiger partial charge >= 0.3 is 35.5 Å². The molecule has 0 aliphatic heterocycles. The van der Waals surface area contributed by atoms with Crippen LogP contribution in [0.2, 0.25) is 0 Å². The molecule has 0 bridgehead atoms. The Hall–Kier alpha value is -0.170. The second-order valence-corrected chi connectivity index (χ2v) is 3.90. The molecule has 94 valence electrons. The van der Waals surface area contributed by atoms with Gasteiger partial charge in [-0.05, 0) is 25.5 Å². The fraction of sp³-hybridized carbons (Fsp3) is 0.455. The molecular weight excluding hydrogens is 269 g/mol. The smallest absolute Gasteiger partial charge is 0.723 e. The second kappa shape index (κ2) is 8.85. The number of hydrogen-bond donors (Lipinski definition) is 0. The Morgan fingerprint density at radius 3 is 2.67 bits per heavy atom. The van der Waals surface area contributed by atoms with Gasteiger partial charge in [-0.3, -0.25) is 9.78 Å². The number of carbonyl (C=O) groups is 1. The zero-order valence-electron chi connectivity index (χ0n) is 10.7. The topological polar surface area (TPSA) is 71.5 Å². The third-order valence-corrected chi connectivity index (χ3v) is 2.29. The molecular formula is C11H13ClNNaO4. The Balaban J connectivity index is 0.00000289. The SMILES string of the molecule is Cc1cc(CO[O-])nc(C)c1OC(=O)CCCl.[Na+]. The van der Waals surface area contributed by atoms with Crippen LogP contribution in [0, 0.1) is 13.8 Å². The molecule has 18 heavy (non-hydrogen) atoms. The number of halogens is 1. The molecule has 0 amide bonds. The van der Waals surface area contributed by atoms with Crippen molar-refractivity contribution in [3.05, 3.63) is 23.0 Å². The number of nitrogens with zero attached hydrogens (tertiary/aromatic N) is 1. The molecule has 0 unspecified atom stereocenters. The van der Waals surface area contributed by atoms with Crippen LogP contribution in [0.5, 0.6) is 5.75 Å². The van der Waals surface area contributed by atoms with Crippen molar-refractivity contribution in [3.8, 4) is 5.75 Å². The van der Waals surface area contributed by atoms with Crippen LogP contribution in [0.25, 0.3) is 0 Å². The molecule has 0 aromatic carbocycles. The van der Waals surface area contributed by atoms with E-state index >= 15 is 0 Å². The zero-order chi connectivity index (χ0) is 12.8. The Labute approximate surface area is 133 Å². The van der Waals surface area contributed by atoms with Crippen molar-refractivity contribution >= 4 is 17.6 Å². The fourth-order valence-electron chi connectivity index (χ4n) is 1.43. The third kappa shape index (κ3) is 5.22.